The van der Waals surface area contributed by atoms with Crippen molar-refractivity contribution in [2.45, 2.75) is 26.8 Å². The molecule has 0 aliphatic rings. The van der Waals surface area contributed by atoms with Gasteiger partial charge in [0.2, 0.25) is 5.82 Å². The third-order valence-corrected chi connectivity index (χ3v) is 4.10. The summed E-state index contributed by atoms with van der Waals surface area (Å²) in [6.45, 7) is 6.25. The topological polar surface area (TPSA) is 79.4 Å². The third kappa shape index (κ3) is 2.92. The fraction of sp³-hybridized carbons (Fsp3) is 0.286. The number of aromatic nitrogens is 5. The lowest BCUT2D eigenvalue weighted by atomic mass is 10.1. The van der Waals surface area contributed by atoms with Gasteiger partial charge in [-0.05, 0) is 38.1 Å². The first-order valence-electron chi connectivity index (χ1n) is 6.68. The molecule has 0 aliphatic heterocycles. The van der Waals surface area contributed by atoms with Gasteiger partial charge in [-0.15, -0.1) is 21.5 Å². The fourth-order valence-electron chi connectivity index (χ4n) is 2.30. The molecule has 1 atom stereocenters. The highest BCUT2D eigenvalue weighted by atomic mass is 32.1. The van der Waals surface area contributed by atoms with Gasteiger partial charge in [-0.1, -0.05) is 12.1 Å². The van der Waals surface area contributed by atoms with Crippen LogP contribution in [0.1, 0.15) is 28.5 Å². The van der Waals surface area contributed by atoms with E-state index in [4.69, 9.17) is 0 Å². The molecule has 6 nitrogen and oxygen atoms in total. The lowest BCUT2D eigenvalue weighted by molar-refractivity contribution is 0.837. The van der Waals surface area contributed by atoms with Gasteiger partial charge in [-0.25, -0.2) is 4.98 Å². The van der Waals surface area contributed by atoms with Crippen LogP contribution in [0, 0.1) is 13.8 Å². The van der Waals surface area contributed by atoms with Crippen LogP contribution < -0.4 is 5.32 Å². The van der Waals surface area contributed by atoms with E-state index in [0.29, 0.717) is 5.82 Å². The SMILES string of the molecule is Cc1nc(C(C)Nc2cccc(-c3nn[nH]n3)c2)c(C)s1. The van der Waals surface area contributed by atoms with Gasteiger partial charge >= 0.3 is 0 Å². The minimum Gasteiger partial charge on any atom is -0.377 e. The summed E-state index contributed by atoms with van der Waals surface area (Å²) in [5.41, 5.74) is 3.03. The number of rotatable bonds is 4. The molecule has 3 aromatic rings. The molecular weight excluding hydrogens is 284 g/mol. The maximum atomic E-state index is 4.59. The molecule has 7 heteroatoms. The van der Waals surface area contributed by atoms with Crippen LogP contribution >= 0.6 is 11.3 Å². The maximum Gasteiger partial charge on any atom is 0.204 e. The standard InChI is InChI=1S/C14H16N6S/c1-8(13-9(2)21-10(3)16-13)15-12-6-4-5-11(7-12)14-17-19-20-18-14/h4-8,15H,1-3H3,(H,17,18,19,20). The van der Waals surface area contributed by atoms with Crippen LogP contribution in [-0.2, 0) is 0 Å². The highest BCUT2D eigenvalue weighted by molar-refractivity contribution is 7.11. The molecule has 3 rings (SSSR count). The second-order valence-electron chi connectivity index (χ2n) is 4.86. The largest absolute Gasteiger partial charge is 0.377 e. The zero-order chi connectivity index (χ0) is 14.8. The number of nitrogens with zero attached hydrogens (tertiary/aromatic N) is 4. The lowest BCUT2D eigenvalue weighted by Gasteiger charge is -2.14. The summed E-state index contributed by atoms with van der Waals surface area (Å²) in [6, 6.07) is 8.11. The number of benzene rings is 1. The van der Waals surface area contributed by atoms with E-state index in [9.17, 15) is 0 Å². The van der Waals surface area contributed by atoms with E-state index < -0.39 is 0 Å². The van der Waals surface area contributed by atoms with E-state index in [1.165, 1.54) is 4.88 Å². The summed E-state index contributed by atoms with van der Waals surface area (Å²) in [5, 5.41) is 18.6. The van der Waals surface area contributed by atoms with Crippen molar-refractivity contribution in [3.63, 3.8) is 0 Å². The molecule has 0 saturated heterocycles. The number of thiazole rings is 1. The Hall–Kier alpha value is -2.28. The van der Waals surface area contributed by atoms with Gasteiger partial charge in [-0.2, -0.15) is 5.21 Å². The first-order chi connectivity index (χ1) is 10.1. The summed E-state index contributed by atoms with van der Waals surface area (Å²) >= 11 is 1.73. The van der Waals surface area contributed by atoms with Gasteiger partial charge in [0.15, 0.2) is 0 Å². The minimum absolute atomic E-state index is 0.149. The quantitative estimate of drug-likeness (QED) is 0.774. The Morgan fingerprint density at radius 1 is 1.29 bits per heavy atom. The molecule has 21 heavy (non-hydrogen) atoms. The van der Waals surface area contributed by atoms with Crippen LogP contribution in [0.4, 0.5) is 5.69 Å². The van der Waals surface area contributed by atoms with Crippen LogP contribution in [0.5, 0.6) is 0 Å². The predicted molar refractivity (Wildman–Crippen MR) is 83.2 cm³/mol. The molecule has 0 fully saturated rings. The summed E-state index contributed by atoms with van der Waals surface area (Å²) in [4.78, 5) is 5.85. The third-order valence-electron chi connectivity index (χ3n) is 3.20. The van der Waals surface area contributed by atoms with Crippen LogP contribution in [0.2, 0.25) is 0 Å². The number of aryl methyl sites for hydroxylation is 2. The first-order valence-corrected chi connectivity index (χ1v) is 7.49. The fourth-order valence-corrected chi connectivity index (χ4v) is 3.21. The van der Waals surface area contributed by atoms with Crippen molar-refractivity contribution in [1.82, 2.24) is 25.6 Å². The molecule has 2 heterocycles. The Labute approximate surface area is 126 Å². The molecule has 108 valence electrons. The summed E-state index contributed by atoms with van der Waals surface area (Å²) < 4.78 is 0. The smallest absolute Gasteiger partial charge is 0.204 e. The first kappa shape index (κ1) is 13.7. The van der Waals surface area contributed by atoms with E-state index >= 15 is 0 Å². The van der Waals surface area contributed by atoms with E-state index in [1.807, 2.05) is 31.2 Å². The number of hydrogen-bond acceptors (Lipinski definition) is 6. The molecule has 0 aliphatic carbocycles. The van der Waals surface area contributed by atoms with Crippen molar-refractivity contribution in [3.05, 3.63) is 39.8 Å². The second kappa shape index (κ2) is 5.61. The van der Waals surface area contributed by atoms with E-state index in [-0.39, 0.29) is 6.04 Å². The molecular formula is C14H16N6S. The van der Waals surface area contributed by atoms with Crippen molar-refractivity contribution in [2.75, 3.05) is 5.32 Å². The number of hydrogen-bond donors (Lipinski definition) is 2. The Kier molecular flexibility index (Phi) is 3.66. The van der Waals surface area contributed by atoms with E-state index in [2.05, 4.69) is 44.8 Å². The Balaban J connectivity index is 1.82. The van der Waals surface area contributed by atoms with Gasteiger partial charge in [0, 0.05) is 16.1 Å². The van der Waals surface area contributed by atoms with Gasteiger partial charge in [0.25, 0.3) is 0 Å². The van der Waals surface area contributed by atoms with Crippen LogP contribution in [-0.4, -0.2) is 25.6 Å². The molecule has 0 radical (unpaired) electrons. The summed E-state index contributed by atoms with van der Waals surface area (Å²) in [5.74, 6) is 0.590. The molecule has 2 aromatic heterocycles. The maximum absolute atomic E-state index is 4.59. The Bertz CT molecular complexity index is 734. The van der Waals surface area contributed by atoms with Gasteiger partial charge in [0.05, 0.1) is 16.7 Å². The highest BCUT2D eigenvalue weighted by Gasteiger charge is 2.13. The monoisotopic (exact) mass is 300 g/mol. The van der Waals surface area contributed by atoms with Gasteiger partial charge < -0.3 is 5.32 Å². The molecule has 0 saturated carbocycles. The van der Waals surface area contributed by atoms with Crippen LogP contribution in [0.25, 0.3) is 11.4 Å². The average molecular weight is 300 g/mol. The van der Waals surface area contributed by atoms with Gasteiger partial charge in [0.1, 0.15) is 0 Å². The zero-order valence-corrected chi connectivity index (χ0v) is 12.9. The van der Waals surface area contributed by atoms with Crippen molar-refractivity contribution >= 4 is 17.0 Å². The number of nitrogens with one attached hydrogen (secondary N) is 2. The average Bonchev–Trinajstić information content (AvgIpc) is 3.08. The Morgan fingerprint density at radius 2 is 2.14 bits per heavy atom. The molecule has 2 N–H and O–H groups in total. The van der Waals surface area contributed by atoms with Crippen molar-refractivity contribution in [1.29, 1.82) is 0 Å². The zero-order valence-electron chi connectivity index (χ0n) is 12.1. The van der Waals surface area contributed by atoms with E-state index in [0.717, 1.165) is 22.0 Å². The summed E-state index contributed by atoms with van der Waals surface area (Å²) in [7, 11) is 0. The normalized spacial score (nSPS) is 12.3. The molecule has 1 unspecified atom stereocenters. The molecule has 0 spiro atoms. The number of H-pyrrole nitrogens is 1. The second-order valence-corrected chi connectivity index (χ2v) is 6.26. The minimum atomic E-state index is 0.149. The van der Waals surface area contributed by atoms with Gasteiger partial charge in [-0.3, -0.25) is 0 Å². The number of aromatic amines is 1. The number of tetrazole rings is 1. The highest BCUT2D eigenvalue weighted by Crippen LogP contribution is 2.26. The van der Waals surface area contributed by atoms with Crippen molar-refractivity contribution in [3.8, 4) is 11.4 Å². The number of anilines is 1. The molecule has 0 bridgehead atoms. The molecule has 1 aromatic carbocycles. The summed E-state index contributed by atoms with van der Waals surface area (Å²) in [6.07, 6.45) is 0. The molecule has 0 amide bonds. The van der Waals surface area contributed by atoms with Crippen LogP contribution in [0.3, 0.4) is 0 Å². The predicted octanol–water partition coefficient (Wildman–Crippen LogP) is 3.11. The van der Waals surface area contributed by atoms with Crippen molar-refractivity contribution < 1.29 is 0 Å². The lowest BCUT2D eigenvalue weighted by Crippen LogP contribution is -2.08. The van der Waals surface area contributed by atoms with E-state index in [1.54, 1.807) is 11.3 Å². The van der Waals surface area contributed by atoms with Crippen molar-refractivity contribution in [2.24, 2.45) is 0 Å². The Morgan fingerprint density at radius 3 is 2.81 bits per heavy atom. The van der Waals surface area contributed by atoms with Crippen LogP contribution in [0.15, 0.2) is 24.3 Å².